The average molecular weight is 310 g/mol. The van der Waals surface area contributed by atoms with Gasteiger partial charge in [0.25, 0.3) is 0 Å². The highest BCUT2D eigenvalue weighted by Gasteiger charge is 2.47. The molecule has 1 amide bonds. The second-order valence-electron chi connectivity index (χ2n) is 7.43. The lowest BCUT2D eigenvalue weighted by molar-refractivity contribution is -0.145. The molecule has 0 aromatic rings. The van der Waals surface area contributed by atoms with Crippen molar-refractivity contribution in [1.29, 1.82) is 0 Å². The largest absolute Gasteiger partial charge is 0.392 e. The number of hydrogen-bond acceptors (Lipinski definition) is 4. The molecule has 22 heavy (non-hydrogen) atoms. The third-order valence-electron chi connectivity index (χ3n) is 5.98. The van der Waals surface area contributed by atoms with E-state index in [1.807, 2.05) is 4.90 Å². The highest BCUT2D eigenvalue weighted by Crippen LogP contribution is 2.40. The fourth-order valence-corrected chi connectivity index (χ4v) is 4.75. The summed E-state index contributed by atoms with van der Waals surface area (Å²) < 4.78 is 5.00. The molecule has 1 saturated carbocycles. The first-order valence-electron chi connectivity index (χ1n) is 8.83. The fraction of sp³-hybridized carbons (Fsp3) is 0.941. The van der Waals surface area contributed by atoms with Crippen LogP contribution in [0.4, 0.5) is 0 Å². The normalized spacial score (nSPS) is 34.5. The second kappa shape index (κ2) is 6.85. The number of nitrogens with zero attached hydrogens (tertiary/aromatic N) is 2. The van der Waals surface area contributed by atoms with Crippen LogP contribution in [0.2, 0.25) is 0 Å². The van der Waals surface area contributed by atoms with Gasteiger partial charge in [-0.1, -0.05) is 12.8 Å². The highest BCUT2D eigenvalue weighted by molar-refractivity contribution is 5.77. The minimum Gasteiger partial charge on any atom is -0.392 e. The van der Waals surface area contributed by atoms with Crippen LogP contribution >= 0.6 is 0 Å². The Kier molecular flexibility index (Phi) is 5.05. The summed E-state index contributed by atoms with van der Waals surface area (Å²) in [7, 11) is 1.56. The zero-order valence-electron chi connectivity index (χ0n) is 13.8. The Hall–Kier alpha value is -0.650. The lowest BCUT2D eigenvalue weighted by Gasteiger charge is -2.52. The molecule has 1 N–H and O–H groups in total. The standard InChI is InChI=1S/C17H30N2O3/c1-22-11-16(21)19-9-4-8-17(13-19)12-18(10-7-15(17)20)14-5-2-3-6-14/h14-15,20H,2-13H2,1H3/t15-,17-/m1/s1. The molecule has 2 saturated heterocycles. The van der Waals surface area contributed by atoms with Crippen LogP contribution in [0, 0.1) is 5.41 Å². The van der Waals surface area contributed by atoms with E-state index in [0.717, 1.165) is 38.9 Å². The van der Waals surface area contributed by atoms with E-state index >= 15 is 0 Å². The Labute approximate surface area is 133 Å². The van der Waals surface area contributed by atoms with Gasteiger partial charge in [-0.3, -0.25) is 9.69 Å². The minimum atomic E-state index is -0.275. The summed E-state index contributed by atoms with van der Waals surface area (Å²) in [5.74, 6) is 0.0618. The van der Waals surface area contributed by atoms with E-state index in [9.17, 15) is 9.90 Å². The number of aliphatic hydroxyl groups excluding tert-OH is 1. The number of ether oxygens (including phenoxy) is 1. The van der Waals surface area contributed by atoms with Crippen LogP contribution in [-0.4, -0.2) is 72.9 Å². The highest BCUT2D eigenvalue weighted by atomic mass is 16.5. The van der Waals surface area contributed by atoms with Crippen LogP contribution < -0.4 is 0 Å². The summed E-state index contributed by atoms with van der Waals surface area (Å²) in [4.78, 5) is 16.7. The maximum absolute atomic E-state index is 12.2. The molecule has 126 valence electrons. The molecule has 0 radical (unpaired) electrons. The molecule has 0 unspecified atom stereocenters. The smallest absolute Gasteiger partial charge is 0.248 e. The molecular weight excluding hydrogens is 280 g/mol. The Balaban J connectivity index is 1.69. The van der Waals surface area contributed by atoms with Crippen molar-refractivity contribution in [3.63, 3.8) is 0 Å². The first-order chi connectivity index (χ1) is 10.6. The van der Waals surface area contributed by atoms with Crippen molar-refractivity contribution in [3.8, 4) is 0 Å². The summed E-state index contributed by atoms with van der Waals surface area (Å²) in [6.07, 6.45) is 7.90. The molecule has 5 heteroatoms. The van der Waals surface area contributed by atoms with Gasteiger partial charge in [0.05, 0.1) is 6.10 Å². The number of amides is 1. The van der Waals surface area contributed by atoms with Crippen molar-refractivity contribution in [3.05, 3.63) is 0 Å². The Morgan fingerprint density at radius 1 is 1.18 bits per heavy atom. The van der Waals surface area contributed by atoms with E-state index in [-0.39, 0.29) is 24.0 Å². The maximum Gasteiger partial charge on any atom is 0.248 e. The van der Waals surface area contributed by atoms with E-state index in [4.69, 9.17) is 4.74 Å². The fourth-order valence-electron chi connectivity index (χ4n) is 4.75. The van der Waals surface area contributed by atoms with E-state index in [2.05, 4.69) is 4.90 Å². The van der Waals surface area contributed by atoms with Crippen LogP contribution in [0.25, 0.3) is 0 Å². The summed E-state index contributed by atoms with van der Waals surface area (Å²) in [5.41, 5.74) is -0.123. The monoisotopic (exact) mass is 310 g/mol. The first-order valence-corrected chi connectivity index (χ1v) is 8.83. The van der Waals surface area contributed by atoms with E-state index in [0.29, 0.717) is 12.6 Å². The second-order valence-corrected chi connectivity index (χ2v) is 7.43. The van der Waals surface area contributed by atoms with Gasteiger partial charge in [-0.05, 0) is 32.1 Å². The van der Waals surface area contributed by atoms with Gasteiger partial charge in [0.15, 0.2) is 0 Å². The number of hydrogen-bond donors (Lipinski definition) is 1. The maximum atomic E-state index is 12.2. The van der Waals surface area contributed by atoms with Crippen LogP contribution in [0.1, 0.15) is 44.9 Å². The first kappa shape index (κ1) is 16.2. The zero-order valence-corrected chi connectivity index (χ0v) is 13.8. The number of carbonyl (C=O) groups is 1. The number of rotatable bonds is 3. The SMILES string of the molecule is COCC(=O)N1CCC[C@]2(C1)CN(C1CCCC1)CC[C@H]2O. The summed E-state index contributed by atoms with van der Waals surface area (Å²) in [5, 5.41) is 10.7. The van der Waals surface area contributed by atoms with Gasteiger partial charge in [0.2, 0.25) is 5.91 Å². The van der Waals surface area contributed by atoms with Gasteiger partial charge < -0.3 is 14.7 Å². The third-order valence-corrected chi connectivity index (χ3v) is 5.98. The topological polar surface area (TPSA) is 53.0 Å². The van der Waals surface area contributed by atoms with Crippen molar-refractivity contribution in [2.75, 3.05) is 39.9 Å². The molecule has 3 rings (SSSR count). The van der Waals surface area contributed by atoms with Crippen molar-refractivity contribution in [1.82, 2.24) is 9.80 Å². The molecular formula is C17H30N2O3. The average Bonchev–Trinajstić information content (AvgIpc) is 3.05. The Bertz CT molecular complexity index is 397. The van der Waals surface area contributed by atoms with Crippen LogP contribution in [0.15, 0.2) is 0 Å². The van der Waals surface area contributed by atoms with Crippen LogP contribution in [-0.2, 0) is 9.53 Å². The number of methoxy groups -OCH3 is 1. The van der Waals surface area contributed by atoms with E-state index in [1.54, 1.807) is 7.11 Å². The van der Waals surface area contributed by atoms with Gasteiger partial charge in [-0.25, -0.2) is 0 Å². The molecule has 2 aliphatic heterocycles. The number of aliphatic hydroxyl groups is 1. The molecule has 3 fully saturated rings. The molecule has 3 aliphatic rings. The van der Waals surface area contributed by atoms with Crippen molar-refractivity contribution < 1.29 is 14.6 Å². The molecule has 5 nitrogen and oxygen atoms in total. The summed E-state index contributed by atoms with van der Waals surface area (Å²) >= 11 is 0. The number of piperidine rings is 2. The molecule has 1 aliphatic carbocycles. The quantitative estimate of drug-likeness (QED) is 0.852. The molecule has 1 spiro atoms. The molecule has 0 bridgehead atoms. The molecule has 2 atom stereocenters. The third kappa shape index (κ3) is 3.17. The predicted molar refractivity (Wildman–Crippen MR) is 84.6 cm³/mol. The summed E-state index contributed by atoms with van der Waals surface area (Å²) in [6.45, 7) is 3.62. The van der Waals surface area contributed by atoms with Gasteiger partial charge in [-0.2, -0.15) is 0 Å². The lowest BCUT2D eigenvalue weighted by atomic mass is 9.71. The van der Waals surface area contributed by atoms with Gasteiger partial charge in [0.1, 0.15) is 6.61 Å². The van der Waals surface area contributed by atoms with Crippen LogP contribution in [0.3, 0.4) is 0 Å². The van der Waals surface area contributed by atoms with Gasteiger partial charge in [0, 0.05) is 44.7 Å². The van der Waals surface area contributed by atoms with Crippen molar-refractivity contribution in [2.24, 2.45) is 5.41 Å². The number of likely N-dealkylation sites (tertiary alicyclic amines) is 2. The van der Waals surface area contributed by atoms with Gasteiger partial charge in [-0.15, -0.1) is 0 Å². The summed E-state index contributed by atoms with van der Waals surface area (Å²) in [6, 6.07) is 0.703. The van der Waals surface area contributed by atoms with E-state index in [1.165, 1.54) is 25.7 Å². The Morgan fingerprint density at radius 2 is 1.95 bits per heavy atom. The Morgan fingerprint density at radius 3 is 2.68 bits per heavy atom. The predicted octanol–water partition coefficient (Wildman–Crippen LogP) is 1.25. The molecule has 0 aromatic carbocycles. The van der Waals surface area contributed by atoms with Crippen molar-refractivity contribution in [2.45, 2.75) is 57.1 Å². The van der Waals surface area contributed by atoms with Crippen LogP contribution in [0.5, 0.6) is 0 Å². The molecule has 2 heterocycles. The minimum absolute atomic E-state index is 0.0618. The number of carbonyl (C=O) groups excluding carboxylic acids is 1. The van der Waals surface area contributed by atoms with E-state index < -0.39 is 0 Å². The van der Waals surface area contributed by atoms with Gasteiger partial charge >= 0.3 is 0 Å². The van der Waals surface area contributed by atoms with Crippen molar-refractivity contribution >= 4 is 5.91 Å². The zero-order chi connectivity index (χ0) is 15.6. The molecule has 0 aromatic heterocycles. The lowest BCUT2D eigenvalue weighted by Crippen LogP contribution is -2.61.